The Kier molecular flexibility index (Phi) is 8.97. The predicted octanol–water partition coefficient (Wildman–Crippen LogP) is 1.29. The fourth-order valence-electron chi connectivity index (χ4n) is 2.81. The number of ether oxygens (including phenoxy) is 1. The van der Waals surface area contributed by atoms with Crippen LogP contribution < -0.4 is 0 Å². The summed E-state index contributed by atoms with van der Waals surface area (Å²) in [6.07, 6.45) is 0.956. The van der Waals surface area contributed by atoms with Crippen molar-refractivity contribution in [2.45, 2.75) is 27.2 Å². The van der Waals surface area contributed by atoms with Crippen LogP contribution in [0.2, 0.25) is 0 Å². The molecule has 22 heavy (non-hydrogen) atoms. The summed E-state index contributed by atoms with van der Waals surface area (Å²) in [7, 11) is 0. The molecule has 6 nitrogen and oxygen atoms in total. The lowest BCUT2D eigenvalue weighted by Gasteiger charge is -2.41. The summed E-state index contributed by atoms with van der Waals surface area (Å²) in [5.74, 6) is 0.253. The van der Waals surface area contributed by atoms with Crippen molar-refractivity contribution < 1.29 is 14.0 Å². The zero-order valence-corrected chi connectivity index (χ0v) is 14.4. The zero-order chi connectivity index (χ0) is 16.3. The van der Waals surface area contributed by atoms with E-state index in [-0.39, 0.29) is 5.91 Å². The molecule has 0 aliphatic carbocycles. The highest BCUT2D eigenvalue weighted by Crippen LogP contribution is 2.13. The number of hydrogen-bond acceptors (Lipinski definition) is 4. The summed E-state index contributed by atoms with van der Waals surface area (Å²) in [6, 6.07) is 2.71. The van der Waals surface area contributed by atoms with Crippen molar-refractivity contribution in [1.82, 2.24) is 4.90 Å². The number of amides is 1. The van der Waals surface area contributed by atoms with E-state index in [0.29, 0.717) is 6.54 Å². The van der Waals surface area contributed by atoms with Crippen LogP contribution in [0.3, 0.4) is 0 Å². The number of rotatable bonds is 9. The molecule has 1 rings (SSSR count). The third-order valence-electron chi connectivity index (χ3n) is 4.21. The molecule has 0 bridgehead atoms. The van der Waals surface area contributed by atoms with Crippen LogP contribution >= 0.6 is 0 Å². The lowest BCUT2D eigenvalue weighted by Crippen LogP contribution is -2.59. The van der Waals surface area contributed by atoms with E-state index in [1.54, 1.807) is 0 Å². The Bertz CT molecular complexity index is 382. The van der Waals surface area contributed by atoms with Crippen molar-refractivity contribution in [3.63, 3.8) is 0 Å². The van der Waals surface area contributed by atoms with Gasteiger partial charge in [0.15, 0.2) is 6.54 Å². The molecule has 1 saturated heterocycles. The lowest BCUT2D eigenvalue weighted by atomic mass is 10.2. The van der Waals surface area contributed by atoms with Gasteiger partial charge in [0.1, 0.15) is 13.1 Å². The van der Waals surface area contributed by atoms with E-state index in [1.165, 1.54) is 0 Å². The molecule has 0 aromatic heterocycles. The maximum absolute atomic E-state index is 12.5. The normalized spacial score (nSPS) is 16.7. The van der Waals surface area contributed by atoms with E-state index in [9.17, 15) is 4.79 Å². The Labute approximate surface area is 134 Å². The molecule has 0 N–H and O–H groups in total. The van der Waals surface area contributed by atoms with Crippen LogP contribution in [0.4, 0.5) is 0 Å². The molecular weight excluding hydrogens is 280 g/mol. The van der Waals surface area contributed by atoms with Crippen molar-refractivity contribution >= 4 is 11.9 Å². The zero-order valence-electron chi connectivity index (χ0n) is 14.4. The first-order valence-electron chi connectivity index (χ1n) is 8.46. The highest BCUT2D eigenvalue weighted by molar-refractivity contribution is 5.77. The smallest absolute Gasteiger partial charge is 0.277 e. The predicted molar refractivity (Wildman–Crippen MR) is 88.4 cm³/mol. The fraction of sp³-hybridized carbons (Fsp3) is 0.875. The molecule has 1 fully saturated rings. The molecule has 0 aromatic rings. The number of quaternary nitrogens is 1. The second-order valence-electron chi connectivity index (χ2n) is 5.66. The Morgan fingerprint density at radius 2 is 1.86 bits per heavy atom. The first-order valence-corrected chi connectivity index (χ1v) is 8.46. The van der Waals surface area contributed by atoms with E-state index in [1.807, 2.05) is 25.7 Å². The van der Waals surface area contributed by atoms with Gasteiger partial charge in [0.25, 0.3) is 5.91 Å². The van der Waals surface area contributed by atoms with Crippen LogP contribution in [0, 0.1) is 0 Å². The number of aliphatic imine (C=N–C) groups is 2. The lowest BCUT2D eigenvalue weighted by molar-refractivity contribution is -0.928. The summed E-state index contributed by atoms with van der Waals surface area (Å²) in [6.45, 7) is 13.9. The molecule has 1 aliphatic heterocycles. The summed E-state index contributed by atoms with van der Waals surface area (Å²) < 4.78 is 6.32. The molecule has 0 spiro atoms. The van der Waals surface area contributed by atoms with Gasteiger partial charge in [-0.05, 0) is 20.8 Å². The number of morpholine rings is 1. The third-order valence-corrected chi connectivity index (χ3v) is 4.21. The van der Waals surface area contributed by atoms with Gasteiger partial charge in [-0.15, -0.1) is 0 Å². The minimum atomic E-state index is 0.253. The van der Waals surface area contributed by atoms with Gasteiger partial charge < -0.3 is 14.1 Å². The van der Waals surface area contributed by atoms with Crippen LogP contribution in [-0.4, -0.2) is 86.9 Å². The monoisotopic (exact) mass is 311 g/mol. The van der Waals surface area contributed by atoms with Gasteiger partial charge in [0.2, 0.25) is 0 Å². The maximum atomic E-state index is 12.5. The quantitative estimate of drug-likeness (QED) is 0.366. The SMILES string of the molecule is CCN=C=NCCC[N+]1(CC(=O)N(CC)CC)CCOCC1. The van der Waals surface area contributed by atoms with E-state index in [0.717, 1.165) is 69.9 Å². The minimum Gasteiger partial charge on any atom is -0.370 e. The molecule has 0 unspecified atom stereocenters. The second-order valence-corrected chi connectivity index (χ2v) is 5.66. The average molecular weight is 311 g/mol. The standard InChI is InChI=1S/C16H31N4O2/c1-4-17-15-18-8-7-9-20(10-12-22-13-11-20)14-16(21)19(5-2)6-3/h4-14H2,1-3H3/q+1. The minimum absolute atomic E-state index is 0.253. The van der Waals surface area contributed by atoms with Gasteiger partial charge in [0.05, 0.1) is 32.3 Å². The molecular formula is C16H31N4O2+. The van der Waals surface area contributed by atoms with E-state index in [2.05, 4.69) is 16.0 Å². The van der Waals surface area contributed by atoms with Gasteiger partial charge in [-0.2, -0.15) is 0 Å². The van der Waals surface area contributed by atoms with E-state index < -0.39 is 0 Å². The Morgan fingerprint density at radius 3 is 2.45 bits per heavy atom. The molecule has 1 heterocycles. The van der Waals surface area contributed by atoms with Crippen molar-refractivity contribution in [2.24, 2.45) is 9.98 Å². The number of nitrogens with zero attached hydrogens (tertiary/aromatic N) is 4. The molecule has 0 radical (unpaired) electrons. The highest BCUT2D eigenvalue weighted by Gasteiger charge is 2.33. The molecule has 1 amide bonds. The summed E-state index contributed by atoms with van der Waals surface area (Å²) >= 11 is 0. The largest absolute Gasteiger partial charge is 0.370 e. The first-order chi connectivity index (χ1) is 10.7. The van der Waals surface area contributed by atoms with Crippen LogP contribution in [0.25, 0.3) is 0 Å². The maximum Gasteiger partial charge on any atom is 0.277 e. The van der Waals surface area contributed by atoms with E-state index >= 15 is 0 Å². The molecule has 0 saturated carbocycles. The molecule has 6 heteroatoms. The van der Waals surface area contributed by atoms with Crippen LogP contribution in [0.15, 0.2) is 9.98 Å². The van der Waals surface area contributed by atoms with Crippen LogP contribution in [0.1, 0.15) is 27.2 Å². The fourth-order valence-corrected chi connectivity index (χ4v) is 2.81. The Balaban J connectivity index is 2.57. The Morgan fingerprint density at radius 1 is 1.18 bits per heavy atom. The average Bonchev–Trinajstić information content (AvgIpc) is 2.53. The summed E-state index contributed by atoms with van der Waals surface area (Å²) in [5, 5.41) is 0. The number of carbonyl (C=O) groups is 1. The Hall–Kier alpha value is -1.23. The molecule has 0 atom stereocenters. The topological polar surface area (TPSA) is 54.3 Å². The number of hydrogen-bond donors (Lipinski definition) is 0. The van der Waals surface area contributed by atoms with Crippen molar-refractivity contribution in [1.29, 1.82) is 0 Å². The summed E-state index contributed by atoms with van der Waals surface area (Å²) in [5.41, 5.74) is 0. The second kappa shape index (κ2) is 10.5. The number of likely N-dealkylation sites (N-methyl/N-ethyl adjacent to an activating group) is 1. The molecule has 0 aromatic carbocycles. The van der Waals surface area contributed by atoms with E-state index in [4.69, 9.17) is 4.74 Å². The molecule has 1 aliphatic rings. The molecule has 126 valence electrons. The van der Waals surface area contributed by atoms with Gasteiger partial charge >= 0.3 is 0 Å². The van der Waals surface area contributed by atoms with Gasteiger partial charge in [0, 0.05) is 26.1 Å². The van der Waals surface area contributed by atoms with Crippen LogP contribution in [-0.2, 0) is 9.53 Å². The third kappa shape index (κ3) is 6.26. The van der Waals surface area contributed by atoms with Crippen molar-refractivity contribution in [3.05, 3.63) is 0 Å². The highest BCUT2D eigenvalue weighted by atomic mass is 16.5. The summed E-state index contributed by atoms with van der Waals surface area (Å²) in [4.78, 5) is 22.5. The van der Waals surface area contributed by atoms with Gasteiger partial charge in [-0.1, -0.05) is 0 Å². The van der Waals surface area contributed by atoms with Gasteiger partial charge in [-0.25, -0.2) is 9.98 Å². The number of carbonyl (C=O) groups excluding carboxylic acids is 1. The van der Waals surface area contributed by atoms with Crippen molar-refractivity contribution in [2.75, 3.05) is 65.6 Å². The van der Waals surface area contributed by atoms with Crippen molar-refractivity contribution in [3.8, 4) is 0 Å². The first kappa shape index (κ1) is 18.8. The van der Waals surface area contributed by atoms with Gasteiger partial charge in [-0.3, -0.25) is 4.79 Å². The van der Waals surface area contributed by atoms with Crippen LogP contribution in [0.5, 0.6) is 0 Å².